The van der Waals surface area contributed by atoms with Crippen molar-refractivity contribution in [3.8, 4) is 17.1 Å². The molecule has 2 aromatic heterocycles. The quantitative estimate of drug-likeness (QED) is 0.502. The van der Waals surface area contributed by atoms with E-state index in [1.54, 1.807) is 36.4 Å². The first kappa shape index (κ1) is 19.1. The van der Waals surface area contributed by atoms with Crippen LogP contribution in [0.5, 0.6) is 0 Å². The summed E-state index contributed by atoms with van der Waals surface area (Å²) in [6, 6.07) is 9.97. The van der Waals surface area contributed by atoms with Crippen LogP contribution in [0.4, 0.5) is 4.39 Å². The topological polar surface area (TPSA) is 89.9 Å². The van der Waals surface area contributed by atoms with Gasteiger partial charge in [0.1, 0.15) is 11.9 Å². The van der Waals surface area contributed by atoms with Gasteiger partial charge in [-0.15, -0.1) is 0 Å². The number of aryl methyl sites for hydroxylation is 1. The second-order valence-corrected chi connectivity index (χ2v) is 7.51. The fourth-order valence-corrected chi connectivity index (χ4v) is 3.71. The number of halogens is 1. The Balaban J connectivity index is 1.44. The highest BCUT2D eigenvalue weighted by atomic mass is 19.1. The summed E-state index contributed by atoms with van der Waals surface area (Å²) in [6.45, 7) is 4.17. The zero-order chi connectivity index (χ0) is 21.5. The first-order chi connectivity index (χ1) is 15.0. The third kappa shape index (κ3) is 3.27. The van der Waals surface area contributed by atoms with E-state index in [1.165, 1.54) is 10.9 Å². The molecule has 0 N–H and O–H groups in total. The zero-order valence-corrected chi connectivity index (χ0v) is 17.0. The molecule has 1 aliphatic rings. The van der Waals surface area contributed by atoms with Crippen molar-refractivity contribution < 1.29 is 13.7 Å². The van der Waals surface area contributed by atoms with Gasteiger partial charge in [0.15, 0.2) is 0 Å². The summed E-state index contributed by atoms with van der Waals surface area (Å²) in [5.41, 5.74) is 3.08. The van der Waals surface area contributed by atoms with Gasteiger partial charge in [-0.05, 0) is 44.0 Å². The average molecular weight is 418 g/mol. The molecule has 156 valence electrons. The van der Waals surface area contributed by atoms with Gasteiger partial charge < -0.3 is 9.42 Å². The number of amides is 1. The molecule has 9 heteroatoms. The van der Waals surface area contributed by atoms with Crippen LogP contribution >= 0.6 is 0 Å². The largest absolute Gasteiger partial charge is 0.337 e. The van der Waals surface area contributed by atoms with Gasteiger partial charge in [-0.2, -0.15) is 20.0 Å². The Morgan fingerprint density at radius 1 is 1.16 bits per heavy atom. The van der Waals surface area contributed by atoms with E-state index in [4.69, 9.17) is 4.52 Å². The molecule has 4 aromatic rings. The first-order valence-corrected chi connectivity index (χ1v) is 9.90. The normalized spacial score (nSPS) is 15.7. The minimum atomic E-state index is -0.332. The molecule has 0 bridgehead atoms. The minimum Gasteiger partial charge on any atom is -0.337 e. The van der Waals surface area contributed by atoms with Gasteiger partial charge in [-0.1, -0.05) is 28.9 Å². The third-order valence-corrected chi connectivity index (χ3v) is 5.53. The molecule has 1 fully saturated rings. The summed E-state index contributed by atoms with van der Waals surface area (Å²) in [6.07, 6.45) is 3.83. The lowest BCUT2D eigenvalue weighted by molar-refractivity contribution is 0.0378. The number of aromatic nitrogens is 5. The predicted octanol–water partition coefficient (Wildman–Crippen LogP) is 3.66. The average Bonchev–Trinajstić information content (AvgIpc) is 3.42. The summed E-state index contributed by atoms with van der Waals surface area (Å²) < 4.78 is 19.4. The van der Waals surface area contributed by atoms with Crippen molar-refractivity contribution in [2.75, 3.05) is 6.54 Å². The maximum atomic E-state index is 13.9. The van der Waals surface area contributed by atoms with Gasteiger partial charge in [0, 0.05) is 12.1 Å². The number of nitrogens with zero attached hydrogens (tertiary/aromatic N) is 6. The second-order valence-electron chi connectivity index (χ2n) is 7.51. The van der Waals surface area contributed by atoms with Crippen molar-refractivity contribution in [3.63, 3.8) is 0 Å². The summed E-state index contributed by atoms with van der Waals surface area (Å²) >= 11 is 0. The van der Waals surface area contributed by atoms with E-state index in [9.17, 15) is 9.18 Å². The molecule has 1 atom stereocenters. The number of hydrogen-bond acceptors (Lipinski definition) is 6. The van der Waals surface area contributed by atoms with Gasteiger partial charge in [-0.25, -0.2) is 4.39 Å². The molecular weight excluding hydrogens is 399 g/mol. The second kappa shape index (κ2) is 7.42. The number of carbonyl (C=O) groups excluding carboxylic acids is 1. The Labute approximate surface area is 177 Å². The summed E-state index contributed by atoms with van der Waals surface area (Å²) in [5, 5.41) is 12.3. The molecular formula is C22H19FN6O2. The molecule has 1 unspecified atom stereocenters. The summed E-state index contributed by atoms with van der Waals surface area (Å²) in [5.74, 6) is 0.158. The number of likely N-dealkylation sites (tertiary alicyclic amines) is 1. The molecule has 5 rings (SSSR count). The lowest BCUT2D eigenvalue weighted by Gasteiger charge is -2.38. The summed E-state index contributed by atoms with van der Waals surface area (Å²) in [4.78, 5) is 20.9. The van der Waals surface area contributed by atoms with E-state index < -0.39 is 0 Å². The molecule has 31 heavy (non-hydrogen) atoms. The highest BCUT2D eigenvalue weighted by Gasteiger charge is 2.39. The van der Waals surface area contributed by atoms with E-state index in [1.807, 2.05) is 25.1 Å². The summed E-state index contributed by atoms with van der Waals surface area (Å²) in [7, 11) is 0. The van der Waals surface area contributed by atoms with Crippen LogP contribution in [0.3, 0.4) is 0 Å². The van der Waals surface area contributed by atoms with E-state index in [2.05, 4.69) is 20.3 Å². The molecule has 1 aliphatic heterocycles. The van der Waals surface area contributed by atoms with Crippen molar-refractivity contribution in [3.05, 3.63) is 77.2 Å². The van der Waals surface area contributed by atoms with Gasteiger partial charge in [-0.3, -0.25) is 4.79 Å². The number of carbonyl (C=O) groups is 1. The number of rotatable bonds is 4. The highest BCUT2D eigenvalue weighted by molar-refractivity contribution is 5.98. The number of hydrogen-bond donors (Lipinski definition) is 0. The lowest BCUT2D eigenvalue weighted by Crippen LogP contribution is -2.45. The van der Waals surface area contributed by atoms with Gasteiger partial charge in [0.05, 0.1) is 23.6 Å². The smallest absolute Gasteiger partial charge is 0.256 e. The van der Waals surface area contributed by atoms with E-state index in [0.717, 1.165) is 5.56 Å². The SMILES string of the molecule is Cc1ccc(-n2nccn2)c(C(=O)N2CCC2c2nc(-c3cccc(F)c3C)no2)c1. The van der Waals surface area contributed by atoms with Crippen molar-refractivity contribution in [1.29, 1.82) is 0 Å². The maximum absolute atomic E-state index is 13.9. The van der Waals surface area contributed by atoms with Crippen molar-refractivity contribution in [2.45, 2.75) is 26.3 Å². The maximum Gasteiger partial charge on any atom is 0.256 e. The first-order valence-electron chi connectivity index (χ1n) is 9.90. The molecule has 3 heterocycles. The van der Waals surface area contributed by atoms with E-state index >= 15 is 0 Å². The Hall–Kier alpha value is -3.88. The van der Waals surface area contributed by atoms with E-state index in [0.29, 0.717) is 47.1 Å². The van der Waals surface area contributed by atoms with Crippen LogP contribution in [-0.4, -0.2) is 42.5 Å². The lowest BCUT2D eigenvalue weighted by atomic mass is 9.99. The zero-order valence-electron chi connectivity index (χ0n) is 17.0. The van der Waals surface area contributed by atoms with Crippen molar-refractivity contribution >= 4 is 5.91 Å². The van der Waals surface area contributed by atoms with Crippen LogP contribution in [0.15, 0.2) is 53.3 Å². The Bertz CT molecular complexity index is 1270. The van der Waals surface area contributed by atoms with Crippen LogP contribution in [0, 0.1) is 19.7 Å². The monoisotopic (exact) mass is 418 g/mol. The Morgan fingerprint density at radius 2 is 1.97 bits per heavy atom. The molecule has 1 amide bonds. The fraction of sp³-hybridized carbons (Fsp3) is 0.227. The van der Waals surface area contributed by atoms with Crippen LogP contribution in [0.2, 0.25) is 0 Å². The molecule has 0 radical (unpaired) electrons. The van der Waals surface area contributed by atoms with Crippen LogP contribution < -0.4 is 0 Å². The molecule has 8 nitrogen and oxygen atoms in total. The highest BCUT2D eigenvalue weighted by Crippen LogP contribution is 2.35. The standard InChI is InChI=1S/C22H19FN6O2/c1-13-6-7-18(29-24-9-10-25-29)16(12-13)22(30)28-11-8-19(28)21-26-20(27-31-21)15-4-3-5-17(23)14(15)2/h3-7,9-10,12,19H,8,11H2,1-2H3. The van der Waals surface area contributed by atoms with Crippen molar-refractivity contribution in [2.24, 2.45) is 0 Å². The van der Waals surface area contributed by atoms with Gasteiger partial charge in [0.2, 0.25) is 11.7 Å². The molecule has 1 saturated heterocycles. The third-order valence-electron chi connectivity index (χ3n) is 5.53. The number of benzene rings is 2. The van der Waals surface area contributed by atoms with Crippen LogP contribution in [0.1, 0.15) is 39.8 Å². The fourth-order valence-electron chi connectivity index (χ4n) is 3.71. The predicted molar refractivity (Wildman–Crippen MR) is 109 cm³/mol. The van der Waals surface area contributed by atoms with Gasteiger partial charge >= 0.3 is 0 Å². The molecule has 2 aromatic carbocycles. The Kier molecular flexibility index (Phi) is 4.58. The Morgan fingerprint density at radius 3 is 2.71 bits per heavy atom. The van der Waals surface area contributed by atoms with E-state index in [-0.39, 0.29) is 17.8 Å². The van der Waals surface area contributed by atoms with Crippen LogP contribution in [0.25, 0.3) is 17.1 Å². The van der Waals surface area contributed by atoms with Crippen LogP contribution in [-0.2, 0) is 0 Å². The molecule has 0 spiro atoms. The minimum absolute atomic E-state index is 0.158. The molecule has 0 saturated carbocycles. The van der Waals surface area contributed by atoms with Gasteiger partial charge in [0.25, 0.3) is 5.91 Å². The molecule has 0 aliphatic carbocycles. The van der Waals surface area contributed by atoms with Crippen molar-refractivity contribution in [1.82, 2.24) is 30.0 Å².